The van der Waals surface area contributed by atoms with Gasteiger partial charge in [-0.1, -0.05) is 12.1 Å². The van der Waals surface area contributed by atoms with Crippen LogP contribution in [0.3, 0.4) is 0 Å². The lowest BCUT2D eigenvalue weighted by molar-refractivity contribution is -0.141. The molecule has 6 N–H and O–H groups in total. The quantitative estimate of drug-likeness (QED) is 0.505. The molecule has 0 saturated heterocycles. The maximum absolute atomic E-state index is 10.5. The summed E-state index contributed by atoms with van der Waals surface area (Å²) in [6, 6.07) is 5.57. The van der Waals surface area contributed by atoms with Crippen molar-refractivity contribution >= 4 is 11.7 Å². The van der Waals surface area contributed by atoms with Crippen molar-refractivity contribution < 1.29 is 15.0 Å². The van der Waals surface area contributed by atoms with Crippen LogP contribution in [0.2, 0.25) is 0 Å². The monoisotopic (exact) mass is 210 g/mol. The van der Waals surface area contributed by atoms with Crippen molar-refractivity contribution in [3.8, 4) is 0 Å². The van der Waals surface area contributed by atoms with Gasteiger partial charge in [0.25, 0.3) is 0 Å². The van der Waals surface area contributed by atoms with Crippen LogP contribution >= 0.6 is 0 Å². The van der Waals surface area contributed by atoms with E-state index in [1.807, 2.05) is 0 Å². The van der Waals surface area contributed by atoms with E-state index in [4.69, 9.17) is 16.6 Å². The van der Waals surface area contributed by atoms with E-state index in [1.165, 1.54) is 0 Å². The van der Waals surface area contributed by atoms with Gasteiger partial charge in [0.15, 0.2) is 0 Å². The Bertz CT molecular complexity index is 337. The van der Waals surface area contributed by atoms with E-state index in [9.17, 15) is 9.90 Å². The summed E-state index contributed by atoms with van der Waals surface area (Å²) in [7, 11) is 0. The number of hydrogen-bond donors (Lipinski definition) is 4. The van der Waals surface area contributed by atoms with Gasteiger partial charge >= 0.3 is 5.97 Å². The van der Waals surface area contributed by atoms with Gasteiger partial charge in [0, 0.05) is 12.1 Å². The van der Waals surface area contributed by atoms with Crippen LogP contribution in [-0.2, 0) is 11.2 Å². The molecule has 0 aliphatic heterocycles. The SMILES string of the molecule is Nc1ccc(CC(O)C(N)C(=O)O)cc1. The molecule has 15 heavy (non-hydrogen) atoms. The molecule has 0 saturated carbocycles. The Morgan fingerprint density at radius 3 is 2.33 bits per heavy atom. The number of aliphatic carboxylic acids is 1. The van der Waals surface area contributed by atoms with Crippen molar-refractivity contribution in [2.24, 2.45) is 5.73 Å². The van der Waals surface area contributed by atoms with E-state index >= 15 is 0 Å². The molecule has 1 rings (SSSR count). The average Bonchev–Trinajstić information content (AvgIpc) is 2.20. The second kappa shape index (κ2) is 4.77. The smallest absolute Gasteiger partial charge is 0.323 e. The Morgan fingerprint density at radius 2 is 1.87 bits per heavy atom. The number of benzene rings is 1. The molecule has 0 bridgehead atoms. The van der Waals surface area contributed by atoms with E-state index in [0.717, 1.165) is 5.56 Å². The maximum atomic E-state index is 10.5. The lowest BCUT2D eigenvalue weighted by Crippen LogP contribution is -2.42. The van der Waals surface area contributed by atoms with E-state index in [2.05, 4.69) is 0 Å². The zero-order chi connectivity index (χ0) is 11.4. The van der Waals surface area contributed by atoms with Gasteiger partial charge in [-0.15, -0.1) is 0 Å². The Balaban J connectivity index is 2.62. The lowest BCUT2D eigenvalue weighted by Gasteiger charge is -2.14. The van der Waals surface area contributed by atoms with E-state index in [0.29, 0.717) is 5.69 Å². The molecule has 0 fully saturated rings. The highest BCUT2D eigenvalue weighted by atomic mass is 16.4. The van der Waals surface area contributed by atoms with Gasteiger partial charge < -0.3 is 21.7 Å². The van der Waals surface area contributed by atoms with Crippen LogP contribution in [0.5, 0.6) is 0 Å². The van der Waals surface area contributed by atoms with Gasteiger partial charge in [0.2, 0.25) is 0 Å². The van der Waals surface area contributed by atoms with Crippen LogP contribution in [0.4, 0.5) is 5.69 Å². The summed E-state index contributed by atoms with van der Waals surface area (Å²) in [5.74, 6) is -1.21. The molecule has 0 radical (unpaired) electrons. The second-order valence-corrected chi connectivity index (χ2v) is 3.38. The third-order valence-corrected chi connectivity index (χ3v) is 2.12. The minimum atomic E-state index is -1.26. The van der Waals surface area contributed by atoms with Crippen LogP contribution in [0.15, 0.2) is 24.3 Å². The fourth-order valence-electron chi connectivity index (χ4n) is 1.19. The summed E-state index contributed by atoms with van der Waals surface area (Å²) in [4.78, 5) is 10.5. The van der Waals surface area contributed by atoms with Gasteiger partial charge in [-0.25, -0.2) is 0 Å². The van der Waals surface area contributed by atoms with Crippen LogP contribution in [0.25, 0.3) is 0 Å². The predicted octanol–water partition coefficient (Wildman–Crippen LogP) is -0.416. The Hall–Kier alpha value is -1.59. The van der Waals surface area contributed by atoms with Crippen molar-refractivity contribution in [3.05, 3.63) is 29.8 Å². The number of carboxylic acid groups (broad SMARTS) is 1. The number of carboxylic acids is 1. The summed E-state index contributed by atoms with van der Waals surface area (Å²) in [6.45, 7) is 0. The minimum Gasteiger partial charge on any atom is -0.480 e. The number of anilines is 1. The van der Waals surface area contributed by atoms with Gasteiger partial charge in [-0.3, -0.25) is 4.79 Å². The van der Waals surface area contributed by atoms with Crippen LogP contribution in [0.1, 0.15) is 5.56 Å². The summed E-state index contributed by atoms with van der Waals surface area (Å²) in [6.07, 6.45) is -0.889. The molecule has 0 amide bonds. The first-order valence-corrected chi connectivity index (χ1v) is 4.51. The number of aliphatic hydroxyl groups is 1. The van der Waals surface area contributed by atoms with Crippen molar-refractivity contribution in [1.82, 2.24) is 0 Å². The molecular weight excluding hydrogens is 196 g/mol. The zero-order valence-electron chi connectivity index (χ0n) is 8.13. The molecule has 82 valence electrons. The maximum Gasteiger partial charge on any atom is 0.323 e. The minimum absolute atomic E-state index is 0.202. The normalized spacial score (nSPS) is 14.5. The molecule has 2 unspecified atom stereocenters. The molecule has 0 aliphatic carbocycles. The average molecular weight is 210 g/mol. The topological polar surface area (TPSA) is 110 Å². The number of nitrogens with two attached hydrogens (primary N) is 2. The van der Waals surface area contributed by atoms with E-state index in [1.54, 1.807) is 24.3 Å². The fourth-order valence-corrected chi connectivity index (χ4v) is 1.19. The lowest BCUT2D eigenvalue weighted by atomic mass is 10.0. The van der Waals surface area contributed by atoms with Gasteiger partial charge in [-0.2, -0.15) is 0 Å². The number of hydrogen-bond acceptors (Lipinski definition) is 4. The predicted molar refractivity (Wildman–Crippen MR) is 56.2 cm³/mol. The standard InChI is InChI=1S/C10H14N2O3/c11-7-3-1-6(2-4-7)5-8(13)9(12)10(14)15/h1-4,8-9,13H,5,11-12H2,(H,14,15). The molecular formula is C10H14N2O3. The molecule has 5 heteroatoms. The highest BCUT2D eigenvalue weighted by Gasteiger charge is 2.21. The van der Waals surface area contributed by atoms with Gasteiger partial charge in [0.1, 0.15) is 6.04 Å². The zero-order valence-corrected chi connectivity index (χ0v) is 8.13. The Morgan fingerprint density at radius 1 is 1.33 bits per heavy atom. The van der Waals surface area contributed by atoms with E-state index in [-0.39, 0.29) is 6.42 Å². The highest BCUT2D eigenvalue weighted by molar-refractivity contribution is 5.73. The second-order valence-electron chi connectivity index (χ2n) is 3.38. The number of carbonyl (C=O) groups is 1. The summed E-state index contributed by atoms with van der Waals surface area (Å²) < 4.78 is 0. The van der Waals surface area contributed by atoms with Gasteiger partial charge in [0.05, 0.1) is 6.10 Å². The highest BCUT2D eigenvalue weighted by Crippen LogP contribution is 2.09. The third kappa shape index (κ3) is 3.23. The Labute approximate surface area is 87.3 Å². The molecule has 0 aliphatic rings. The van der Waals surface area contributed by atoms with Crippen LogP contribution in [0, 0.1) is 0 Å². The van der Waals surface area contributed by atoms with Crippen LogP contribution in [-0.4, -0.2) is 28.3 Å². The first-order chi connectivity index (χ1) is 7.00. The number of aliphatic hydroxyl groups excluding tert-OH is 1. The third-order valence-electron chi connectivity index (χ3n) is 2.12. The van der Waals surface area contributed by atoms with Gasteiger partial charge in [-0.05, 0) is 17.7 Å². The van der Waals surface area contributed by atoms with Crippen LogP contribution < -0.4 is 11.5 Å². The summed E-state index contributed by atoms with van der Waals surface area (Å²) >= 11 is 0. The fraction of sp³-hybridized carbons (Fsp3) is 0.300. The molecule has 2 atom stereocenters. The number of rotatable bonds is 4. The molecule has 1 aromatic carbocycles. The molecule has 0 spiro atoms. The first-order valence-electron chi connectivity index (χ1n) is 4.51. The summed E-state index contributed by atoms with van der Waals surface area (Å²) in [5, 5.41) is 18.0. The first kappa shape index (κ1) is 11.5. The summed E-state index contributed by atoms with van der Waals surface area (Å²) in [5.41, 5.74) is 12.2. The van der Waals surface area contributed by atoms with Crippen molar-refractivity contribution in [2.75, 3.05) is 5.73 Å². The van der Waals surface area contributed by atoms with Crippen molar-refractivity contribution in [3.63, 3.8) is 0 Å². The largest absolute Gasteiger partial charge is 0.480 e. The van der Waals surface area contributed by atoms with Crippen molar-refractivity contribution in [2.45, 2.75) is 18.6 Å². The molecule has 0 aromatic heterocycles. The molecule has 5 nitrogen and oxygen atoms in total. The molecule has 0 heterocycles. The molecule has 1 aromatic rings. The van der Waals surface area contributed by atoms with E-state index < -0.39 is 18.1 Å². The Kier molecular flexibility index (Phi) is 3.65. The van der Waals surface area contributed by atoms with Crippen molar-refractivity contribution in [1.29, 1.82) is 0 Å². The number of nitrogen functional groups attached to an aromatic ring is 1.